The third-order valence-corrected chi connectivity index (χ3v) is 2.47. The first kappa shape index (κ1) is 6.62. The van der Waals surface area contributed by atoms with Crippen LogP contribution in [0.5, 0.6) is 0 Å². The normalized spacial score (nSPS) is 47.1. The van der Waals surface area contributed by atoms with Gasteiger partial charge in [-0.1, -0.05) is 12.8 Å². The van der Waals surface area contributed by atoms with E-state index in [-0.39, 0.29) is 6.10 Å². The lowest BCUT2D eigenvalue weighted by Gasteiger charge is -2.10. The fourth-order valence-electron chi connectivity index (χ4n) is 1.75. The summed E-state index contributed by atoms with van der Waals surface area (Å²) < 4.78 is 5.35. The molecule has 0 aromatic rings. The fraction of sp³-hybridized carbons (Fsp3) is 1.00. The van der Waals surface area contributed by atoms with Gasteiger partial charge in [-0.25, -0.2) is 0 Å². The summed E-state index contributed by atoms with van der Waals surface area (Å²) in [4.78, 5) is 0. The van der Waals surface area contributed by atoms with Crippen molar-refractivity contribution in [1.29, 1.82) is 0 Å². The van der Waals surface area contributed by atoms with Crippen molar-refractivity contribution in [3.8, 4) is 0 Å². The molecule has 1 aliphatic heterocycles. The van der Waals surface area contributed by atoms with E-state index in [1.54, 1.807) is 0 Å². The predicted octanol–water partition coefficient (Wildman–Crippen LogP) is 1.08. The predicted molar refractivity (Wildman–Crippen MR) is 37.8 cm³/mol. The summed E-state index contributed by atoms with van der Waals surface area (Å²) in [5, 5.41) is 9.33. The summed E-state index contributed by atoms with van der Waals surface area (Å²) in [6.45, 7) is 0. The number of aliphatic hydroxyl groups excluding tert-OH is 1. The highest BCUT2D eigenvalue weighted by molar-refractivity contribution is 4.88. The zero-order chi connectivity index (χ0) is 6.97. The van der Waals surface area contributed by atoms with Gasteiger partial charge in [0.1, 0.15) is 0 Å². The van der Waals surface area contributed by atoms with Crippen molar-refractivity contribution < 1.29 is 9.84 Å². The maximum Gasteiger partial charge on any atom is 0.0866 e. The van der Waals surface area contributed by atoms with E-state index in [0.717, 1.165) is 12.8 Å². The average molecular weight is 142 g/mol. The largest absolute Gasteiger partial charge is 0.393 e. The molecule has 2 fully saturated rings. The highest BCUT2D eigenvalue weighted by Crippen LogP contribution is 2.33. The number of fused-ring (bicyclic) bond motifs is 1. The molecule has 58 valence electrons. The Hall–Kier alpha value is -0.0800. The summed E-state index contributed by atoms with van der Waals surface area (Å²) in [6.07, 6.45) is 6.32. The zero-order valence-corrected chi connectivity index (χ0v) is 6.12. The van der Waals surface area contributed by atoms with Gasteiger partial charge >= 0.3 is 0 Å². The highest BCUT2D eigenvalue weighted by Gasteiger charge is 2.40. The van der Waals surface area contributed by atoms with Gasteiger partial charge in [-0.3, -0.25) is 0 Å². The van der Waals surface area contributed by atoms with Gasteiger partial charge in [0.15, 0.2) is 0 Å². The standard InChI is InChI=1S/C8H14O2/c9-6-3-1-2-4-7-8(5-6)10-7/h6-9H,1-5H2/t6-,7+,8-/m0/s1. The highest BCUT2D eigenvalue weighted by atomic mass is 16.6. The minimum Gasteiger partial charge on any atom is -0.393 e. The van der Waals surface area contributed by atoms with E-state index >= 15 is 0 Å². The molecule has 2 rings (SSSR count). The van der Waals surface area contributed by atoms with Crippen molar-refractivity contribution in [2.45, 2.75) is 50.4 Å². The lowest BCUT2D eigenvalue weighted by Crippen LogP contribution is -2.13. The molecule has 0 aromatic heterocycles. The van der Waals surface area contributed by atoms with Crippen molar-refractivity contribution in [2.75, 3.05) is 0 Å². The average Bonchev–Trinajstić information content (AvgIpc) is 2.54. The van der Waals surface area contributed by atoms with Crippen molar-refractivity contribution in [1.82, 2.24) is 0 Å². The molecular formula is C8H14O2. The SMILES string of the molecule is O[C@H]1CCCC[C@H]2O[C@H]2C1. The Balaban J connectivity index is 1.85. The summed E-state index contributed by atoms with van der Waals surface area (Å²) in [6, 6.07) is 0. The Bertz CT molecular complexity index is 124. The molecule has 0 radical (unpaired) electrons. The van der Waals surface area contributed by atoms with Gasteiger partial charge in [-0.15, -0.1) is 0 Å². The minimum atomic E-state index is -0.0877. The van der Waals surface area contributed by atoms with Crippen LogP contribution in [-0.4, -0.2) is 23.4 Å². The van der Waals surface area contributed by atoms with Crippen molar-refractivity contribution >= 4 is 0 Å². The van der Waals surface area contributed by atoms with Crippen LogP contribution in [0.3, 0.4) is 0 Å². The van der Waals surface area contributed by atoms with Gasteiger partial charge in [0.2, 0.25) is 0 Å². The fourth-order valence-corrected chi connectivity index (χ4v) is 1.75. The topological polar surface area (TPSA) is 32.8 Å². The number of hydrogen-bond donors (Lipinski definition) is 1. The van der Waals surface area contributed by atoms with Crippen LogP contribution in [0.15, 0.2) is 0 Å². The Morgan fingerprint density at radius 3 is 2.80 bits per heavy atom. The molecule has 2 aliphatic rings. The summed E-state index contributed by atoms with van der Waals surface area (Å²) >= 11 is 0. The summed E-state index contributed by atoms with van der Waals surface area (Å²) in [7, 11) is 0. The van der Waals surface area contributed by atoms with Crippen LogP contribution in [0.4, 0.5) is 0 Å². The molecule has 0 amide bonds. The number of epoxide rings is 1. The Morgan fingerprint density at radius 1 is 1.10 bits per heavy atom. The number of aliphatic hydroxyl groups is 1. The lowest BCUT2D eigenvalue weighted by molar-refractivity contribution is 0.139. The molecule has 1 saturated heterocycles. The van der Waals surface area contributed by atoms with Gasteiger partial charge < -0.3 is 9.84 Å². The second-order valence-corrected chi connectivity index (χ2v) is 3.39. The van der Waals surface area contributed by atoms with Crippen LogP contribution in [0.1, 0.15) is 32.1 Å². The maximum absolute atomic E-state index is 9.33. The Labute approximate surface area is 61.2 Å². The van der Waals surface area contributed by atoms with Crippen LogP contribution in [-0.2, 0) is 4.74 Å². The third kappa shape index (κ3) is 1.32. The second kappa shape index (κ2) is 2.51. The van der Waals surface area contributed by atoms with Crippen molar-refractivity contribution in [3.05, 3.63) is 0 Å². The van der Waals surface area contributed by atoms with Gasteiger partial charge in [-0.2, -0.15) is 0 Å². The van der Waals surface area contributed by atoms with Gasteiger partial charge in [0.25, 0.3) is 0 Å². The van der Waals surface area contributed by atoms with Crippen LogP contribution < -0.4 is 0 Å². The quantitative estimate of drug-likeness (QED) is 0.513. The third-order valence-electron chi connectivity index (χ3n) is 2.47. The molecule has 1 saturated carbocycles. The van der Waals surface area contributed by atoms with E-state index in [2.05, 4.69) is 0 Å². The van der Waals surface area contributed by atoms with Crippen LogP contribution in [0, 0.1) is 0 Å². The van der Waals surface area contributed by atoms with Crippen LogP contribution in [0.2, 0.25) is 0 Å². The zero-order valence-electron chi connectivity index (χ0n) is 6.12. The van der Waals surface area contributed by atoms with E-state index in [1.165, 1.54) is 19.3 Å². The van der Waals surface area contributed by atoms with Crippen molar-refractivity contribution in [2.24, 2.45) is 0 Å². The van der Waals surface area contributed by atoms with Crippen LogP contribution in [0.25, 0.3) is 0 Å². The van der Waals surface area contributed by atoms with Gasteiger partial charge in [-0.05, 0) is 12.8 Å². The van der Waals surface area contributed by atoms with Crippen molar-refractivity contribution in [3.63, 3.8) is 0 Å². The molecule has 2 heteroatoms. The van der Waals surface area contributed by atoms with Gasteiger partial charge in [0.05, 0.1) is 18.3 Å². The molecule has 1 aliphatic carbocycles. The smallest absolute Gasteiger partial charge is 0.0866 e. The van der Waals surface area contributed by atoms with Crippen LogP contribution >= 0.6 is 0 Å². The number of hydrogen-bond acceptors (Lipinski definition) is 2. The lowest BCUT2D eigenvalue weighted by atomic mass is 9.99. The van der Waals surface area contributed by atoms with E-state index in [9.17, 15) is 5.11 Å². The summed E-state index contributed by atoms with van der Waals surface area (Å²) in [5.41, 5.74) is 0. The molecule has 2 nitrogen and oxygen atoms in total. The molecule has 1 N–H and O–H groups in total. The molecule has 3 atom stereocenters. The first-order valence-electron chi connectivity index (χ1n) is 4.20. The van der Waals surface area contributed by atoms with E-state index in [1.807, 2.05) is 0 Å². The maximum atomic E-state index is 9.33. The monoisotopic (exact) mass is 142 g/mol. The van der Waals surface area contributed by atoms with Gasteiger partial charge in [0, 0.05) is 6.42 Å². The molecule has 0 unspecified atom stereocenters. The Morgan fingerprint density at radius 2 is 1.90 bits per heavy atom. The van der Waals surface area contributed by atoms with E-state index in [0.29, 0.717) is 12.2 Å². The van der Waals surface area contributed by atoms with E-state index in [4.69, 9.17) is 4.74 Å². The second-order valence-electron chi connectivity index (χ2n) is 3.39. The number of ether oxygens (including phenoxy) is 1. The minimum absolute atomic E-state index is 0.0877. The molecule has 0 spiro atoms. The Kier molecular flexibility index (Phi) is 1.66. The first-order valence-corrected chi connectivity index (χ1v) is 4.20. The molecule has 10 heavy (non-hydrogen) atoms. The molecular weight excluding hydrogens is 128 g/mol. The number of rotatable bonds is 0. The molecule has 0 bridgehead atoms. The first-order chi connectivity index (χ1) is 4.86. The molecule has 0 aromatic carbocycles. The summed E-state index contributed by atoms with van der Waals surface area (Å²) in [5.74, 6) is 0. The molecule has 1 heterocycles. The van der Waals surface area contributed by atoms with E-state index < -0.39 is 0 Å².